The summed E-state index contributed by atoms with van der Waals surface area (Å²) in [7, 11) is 0. The average Bonchev–Trinajstić information content (AvgIpc) is 2.46. The first-order valence-electron chi connectivity index (χ1n) is 7.86. The molecule has 4 heteroatoms. The molecule has 1 amide bonds. The maximum Gasteiger partial charge on any atom is 0.241 e. The normalized spacial score (nSPS) is 23.0. The van der Waals surface area contributed by atoms with Crippen molar-refractivity contribution in [3.05, 3.63) is 29.8 Å². The van der Waals surface area contributed by atoms with Crippen LogP contribution < -0.4 is 10.2 Å². The first kappa shape index (κ1) is 16.0. The van der Waals surface area contributed by atoms with Gasteiger partial charge in [-0.25, -0.2) is 0 Å². The Morgan fingerprint density at radius 2 is 2.10 bits per heavy atom. The summed E-state index contributed by atoms with van der Waals surface area (Å²) >= 11 is 0. The highest BCUT2D eigenvalue weighted by Gasteiger charge is 2.26. The van der Waals surface area contributed by atoms with Crippen LogP contribution in [0.1, 0.15) is 26.3 Å². The summed E-state index contributed by atoms with van der Waals surface area (Å²) < 4.78 is 0. The number of piperazine rings is 1. The largest absolute Gasteiger partial charge is 0.311 e. The van der Waals surface area contributed by atoms with E-state index in [4.69, 9.17) is 0 Å². The number of para-hydroxylation sites is 1. The Morgan fingerprint density at radius 3 is 2.76 bits per heavy atom. The molecule has 1 aliphatic heterocycles. The second kappa shape index (κ2) is 7.05. The number of hydrogen-bond donors (Lipinski definition) is 1. The molecule has 0 spiro atoms. The van der Waals surface area contributed by atoms with E-state index in [1.54, 1.807) is 0 Å². The number of likely N-dealkylation sites (N-methyl/N-ethyl adjacent to an activating group) is 1. The summed E-state index contributed by atoms with van der Waals surface area (Å²) in [4.78, 5) is 16.9. The number of benzene rings is 1. The van der Waals surface area contributed by atoms with Gasteiger partial charge in [-0.05, 0) is 39.3 Å². The van der Waals surface area contributed by atoms with Crippen molar-refractivity contribution in [3.8, 4) is 0 Å². The van der Waals surface area contributed by atoms with Crippen molar-refractivity contribution in [1.29, 1.82) is 0 Å². The zero-order valence-electron chi connectivity index (χ0n) is 13.6. The van der Waals surface area contributed by atoms with E-state index in [0.717, 1.165) is 24.3 Å². The molecule has 0 saturated carbocycles. The fourth-order valence-electron chi connectivity index (χ4n) is 2.92. The lowest BCUT2D eigenvalue weighted by molar-refractivity contribution is -0.120. The summed E-state index contributed by atoms with van der Waals surface area (Å²) in [6.07, 6.45) is 0. The van der Waals surface area contributed by atoms with Gasteiger partial charge in [0, 0.05) is 37.4 Å². The predicted molar refractivity (Wildman–Crippen MR) is 87.7 cm³/mol. The van der Waals surface area contributed by atoms with Gasteiger partial charge in [0.05, 0.1) is 6.54 Å². The standard InChI is InChI=1S/C17H27N3O/c1-5-20(16-9-7-6-8-13(16)2)17(21)12-19-11-14(3)18-10-15(19)4/h6-9,14-15,18H,5,10-12H2,1-4H3. The fourth-order valence-corrected chi connectivity index (χ4v) is 2.92. The van der Waals surface area contributed by atoms with Crippen LogP contribution in [0.25, 0.3) is 0 Å². The molecule has 4 nitrogen and oxygen atoms in total. The Hall–Kier alpha value is -1.39. The van der Waals surface area contributed by atoms with Crippen molar-refractivity contribution in [2.24, 2.45) is 0 Å². The molecule has 1 N–H and O–H groups in total. The van der Waals surface area contributed by atoms with E-state index in [1.165, 1.54) is 0 Å². The number of nitrogens with one attached hydrogen (secondary N) is 1. The van der Waals surface area contributed by atoms with E-state index in [9.17, 15) is 4.79 Å². The van der Waals surface area contributed by atoms with Crippen molar-refractivity contribution in [2.45, 2.75) is 39.8 Å². The summed E-state index contributed by atoms with van der Waals surface area (Å²) in [6.45, 7) is 11.5. The van der Waals surface area contributed by atoms with Crippen molar-refractivity contribution in [1.82, 2.24) is 10.2 Å². The predicted octanol–water partition coefficient (Wildman–Crippen LogP) is 2.03. The number of aryl methyl sites for hydroxylation is 1. The molecule has 0 bridgehead atoms. The summed E-state index contributed by atoms with van der Waals surface area (Å²) in [5.41, 5.74) is 2.18. The van der Waals surface area contributed by atoms with Gasteiger partial charge in [0.2, 0.25) is 5.91 Å². The molecule has 1 aromatic rings. The van der Waals surface area contributed by atoms with Crippen LogP contribution in [0.2, 0.25) is 0 Å². The molecular formula is C17H27N3O. The van der Waals surface area contributed by atoms with Crippen LogP contribution in [0.4, 0.5) is 5.69 Å². The van der Waals surface area contributed by atoms with E-state index in [0.29, 0.717) is 25.2 Å². The zero-order chi connectivity index (χ0) is 15.4. The fraction of sp³-hybridized carbons (Fsp3) is 0.588. The summed E-state index contributed by atoms with van der Waals surface area (Å²) in [5.74, 6) is 0.188. The van der Waals surface area contributed by atoms with E-state index >= 15 is 0 Å². The van der Waals surface area contributed by atoms with Crippen LogP contribution in [0.15, 0.2) is 24.3 Å². The monoisotopic (exact) mass is 289 g/mol. The topological polar surface area (TPSA) is 35.6 Å². The molecule has 21 heavy (non-hydrogen) atoms. The highest BCUT2D eigenvalue weighted by molar-refractivity contribution is 5.95. The quantitative estimate of drug-likeness (QED) is 0.921. The van der Waals surface area contributed by atoms with Gasteiger partial charge in [-0.15, -0.1) is 0 Å². The van der Waals surface area contributed by atoms with E-state index in [1.807, 2.05) is 30.0 Å². The van der Waals surface area contributed by atoms with Crippen LogP contribution in [0.3, 0.4) is 0 Å². The smallest absolute Gasteiger partial charge is 0.241 e. The Morgan fingerprint density at radius 1 is 1.38 bits per heavy atom. The zero-order valence-corrected chi connectivity index (χ0v) is 13.6. The van der Waals surface area contributed by atoms with Gasteiger partial charge in [0.1, 0.15) is 0 Å². The van der Waals surface area contributed by atoms with Crippen LogP contribution >= 0.6 is 0 Å². The van der Waals surface area contributed by atoms with Crippen molar-refractivity contribution in [3.63, 3.8) is 0 Å². The number of carbonyl (C=O) groups is 1. The van der Waals surface area contributed by atoms with Gasteiger partial charge >= 0.3 is 0 Å². The molecule has 1 fully saturated rings. The van der Waals surface area contributed by atoms with Crippen LogP contribution in [0, 0.1) is 6.92 Å². The van der Waals surface area contributed by atoms with E-state index in [2.05, 4.69) is 37.1 Å². The third-order valence-corrected chi connectivity index (χ3v) is 4.26. The van der Waals surface area contributed by atoms with Gasteiger partial charge in [0.25, 0.3) is 0 Å². The molecule has 1 saturated heterocycles. The van der Waals surface area contributed by atoms with Crippen molar-refractivity contribution in [2.75, 3.05) is 31.1 Å². The highest BCUT2D eigenvalue weighted by atomic mass is 16.2. The minimum Gasteiger partial charge on any atom is -0.311 e. The first-order valence-corrected chi connectivity index (χ1v) is 7.86. The van der Waals surface area contributed by atoms with Crippen molar-refractivity contribution < 1.29 is 4.79 Å². The Kier molecular flexibility index (Phi) is 5.37. The van der Waals surface area contributed by atoms with Gasteiger partial charge in [-0.1, -0.05) is 18.2 Å². The van der Waals surface area contributed by atoms with E-state index in [-0.39, 0.29) is 5.91 Å². The summed E-state index contributed by atoms with van der Waals surface area (Å²) in [6, 6.07) is 8.94. The Bertz CT molecular complexity index is 489. The SMILES string of the molecule is CCN(C(=O)CN1CC(C)NCC1C)c1ccccc1C. The Labute approximate surface area is 128 Å². The molecule has 0 aliphatic carbocycles. The number of rotatable bonds is 4. The minimum absolute atomic E-state index is 0.188. The molecule has 0 aromatic heterocycles. The lowest BCUT2D eigenvalue weighted by atomic mass is 10.1. The lowest BCUT2D eigenvalue weighted by Crippen LogP contribution is -2.56. The molecule has 2 rings (SSSR count). The molecule has 1 aliphatic rings. The van der Waals surface area contributed by atoms with Crippen molar-refractivity contribution >= 4 is 11.6 Å². The van der Waals surface area contributed by atoms with Gasteiger partial charge in [0.15, 0.2) is 0 Å². The minimum atomic E-state index is 0.188. The number of amides is 1. The van der Waals surface area contributed by atoms with Gasteiger partial charge < -0.3 is 10.2 Å². The number of nitrogens with zero attached hydrogens (tertiary/aromatic N) is 2. The number of hydrogen-bond acceptors (Lipinski definition) is 3. The molecule has 2 unspecified atom stereocenters. The second-order valence-electron chi connectivity index (χ2n) is 6.01. The molecule has 0 radical (unpaired) electrons. The maximum atomic E-state index is 12.7. The van der Waals surface area contributed by atoms with Crippen LogP contribution in [0.5, 0.6) is 0 Å². The third kappa shape index (κ3) is 3.83. The third-order valence-electron chi connectivity index (χ3n) is 4.26. The highest BCUT2D eigenvalue weighted by Crippen LogP contribution is 2.20. The molecule has 2 atom stereocenters. The van der Waals surface area contributed by atoms with Gasteiger partial charge in [-0.3, -0.25) is 9.69 Å². The number of anilines is 1. The average molecular weight is 289 g/mol. The molecule has 1 heterocycles. The molecule has 1 aromatic carbocycles. The van der Waals surface area contributed by atoms with E-state index < -0.39 is 0 Å². The van der Waals surface area contributed by atoms with Crippen LogP contribution in [-0.2, 0) is 4.79 Å². The maximum absolute atomic E-state index is 12.7. The Balaban J connectivity index is 2.08. The van der Waals surface area contributed by atoms with Crippen LogP contribution in [-0.4, -0.2) is 49.1 Å². The first-order chi connectivity index (χ1) is 10.0. The van der Waals surface area contributed by atoms with Gasteiger partial charge in [-0.2, -0.15) is 0 Å². The summed E-state index contributed by atoms with van der Waals surface area (Å²) in [5, 5.41) is 3.45. The number of carbonyl (C=O) groups excluding carboxylic acids is 1. The molecular weight excluding hydrogens is 262 g/mol. The lowest BCUT2D eigenvalue weighted by Gasteiger charge is -2.38. The second-order valence-corrected chi connectivity index (χ2v) is 6.01. The molecule has 116 valence electrons.